The molecule has 0 N–H and O–H groups in total. The Labute approximate surface area is 134 Å². The lowest BCUT2D eigenvalue weighted by molar-refractivity contribution is 0.357. The predicted octanol–water partition coefficient (Wildman–Crippen LogP) is 3.98. The highest BCUT2D eigenvalue weighted by Gasteiger charge is 2.33. The monoisotopic (exact) mass is 312 g/mol. The molecule has 1 saturated heterocycles. The van der Waals surface area contributed by atoms with E-state index >= 15 is 0 Å². The van der Waals surface area contributed by atoms with Gasteiger partial charge in [-0.1, -0.05) is 25.1 Å². The number of hydrogen-bond donors (Lipinski definition) is 0. The number of aromatic nitrogens is 3. The van der Waals surface area contributed by atoms with Crippen LogP contribution in [-0.2, 0) is 0 Å². The Morgan fingerprint density at radius 2 is 2.13 bits per heavy atom. The minimum absolute atomic E-state index is 0.0698. The lowest BCUT2D eigenvalue weighted by atomic mass is 10.2. The van der Waals surface area contributed by atoms with Crippen molar-refractivity contribution in [1.29, 1.82) is 0 Å². The number of fused-ring (bicyclic) bond motifs is 1. The highest BCUT2D eigenvalue weighted by molar-refractivity contribution is 5.75. The molecule has 0 radical (unpaired) electrons. The third-order valence-corrected chi connectivity index (χ3v) is 4.28. The minimum Gasteiger partial charge on any atom is -0.423 e. The summed E-state index contributed by atoms with van der Waals surface area (Å²) in [6.45, 7) is 7.04. The van der Waals surface area contributed by atoms with E-state index in [1.165, 1.54) is 5.56 Å². The molecule has 6 nitrogen and oxygen atoms in total. The molecule has 23 heavy (non-hydrogen) atoms. The van der Waals surface area contributed by atoms with Crippen molar-refractivity contribution < 1.29 is 8.94 Å². The van der Waals surface area contributed by atoms with E-state index < -0.39 is 0 Å². The molecule has 0 saturated carbocycles. The maximum absolute atomic E-state index is 5.94. The topological polar surface area (TPSA) is 68.2 Å². The van der Waals surface area contributed by atoms with Crippen LogP contribution in [0.25, 0.3) is 11.1 Å². The number of hydrogen-bond acceptors (Lipinski definition) is 6. The van der Waals surface area contributed by atoms with Crippen molar-refractivity contribution in [2.24, 2.45) is 0 Å². The molecule has 3 aromatic rings. The van der Waals surface area contributed by atoms with Gasteiger partial charge in [-0.25, -0.2) is 0 Å². The molecule has 0 bridgehead atoms. The molecule has 1 aromatic carbocycles. The smallest absolute Gasteiger partial charge is 0.299 e. The quantitative estimate of drug-likeness (QED) is 0.728. The normalized spacial score (nSPS) is 18.4. The molecule has 0 spiro atoms. The first-order valence-corrected chi connectivity index (χ1v) is 8.09. The Morgan fingerprint density at radius 1 is 1.26 bits per heavy atom. The van der Waals surface area contributed by atoms with E-state index in [9.17, 15) is 0 Å². The molecule has 0 unspecified atom stereocenters. The summed E-state index contributed by atoms with van der Waals surface area (Å²) in [5.74, 6) is 1.64. The molecular formula is C17H20N4O2. The molecule has 1 fully saturated rings. The summed E-state index contributed by atoms with van der Waals surface area (Å²) in [6.07, 6.45) is 2.04. The molecule has 1 atom stereocenters. The van der Waals surface area contributed by atoms with E-state index in [1.807, 2.05) is 32.0 Å². The van der Waals surface area contributed by atoms with Crippen LogP contribution in [0.3, 0.4) is 0 Å². The van der Waals surface area contributed by atoms with Gasteiger partial charge in [-0.05, 0) is 37.5 Å². The Balaban J connectivity index is 1.68. The summed E-state index contributed by atoms with van der Waals surface area (Å²) in [5.41, 5.74) is 2.88. The molecule has 3 heterocycles. The van der Waals surface area contributed by atoms with Gasteiger partial charge in [0.05, 0.1) is 6.04 Å². The van der Waals surface area contributed by atoms with Gasteiger partial charge in [0.2, 0.25) is 5.89 Å². The van der Waals surface area contributed by atoms with Crippen LogP contribution in [0.15, 0.2) is 27.1 Å². The Morgan fingerprint density at radius 3 is 2.91 bits per heavy atom. The van der Waals surface area contributed by atoms with Crippen molar-refractivity contribution in [2.75, 3.05) is 11.4 Å². The second-order valence-electron chi connectivity index (χ2n) is 6.46. The second-order valence-corrected chi connectivity index (χ2v) is 6.46. The molecule has 1 aliphatic heterocycles. The number of oxazole rings is 1. The number of benzene rings is 1. The molecular weight excluding hydrogens is 292 g/mol. The van der Waals surface area contributed by atoms with E-state index in [4.69, 9.17) is 8.94 Å². The molecule has 4 rings (SSSR count). The van der Waals surface area contributed by atoms with Crippen LogP contribution in [0.5, 0.6) is 0 Å². The molecule has 1 aliphatic rings. The molecule has 120 valence electrons. The van der Waals surface area contributed by atoms with Gasteiger partial charge in [-0.2, -0.15) is 9.97 Å². The van der Waals surface area contributed by atoms with Crippen LogP contribution in [0.1, 0.15) is 55.9 Å². The third-order valence-electron chi connectivity index (χ3n) is 4.28. The zero-order valence-corrected chi connectivity index (χ0v) is 13.6. The Hall–Kier alpha value is -2.37. The van der Waals surface area contributed by atoms with E-state index in [-0.39, 0.29) is 12.0 Å². The van der Waals surface area contributed by atoms with E-state index in [0.717, 1.165) is 36.3 Å². The lowest BCUT2D eigenvalue weighted by Crippen LogP contribution is -2.23. The number of anilines is 1. The van der Waals surface area contributed by atoms with Crippen molar-refractivity contribution in [3.8, 4) is 0 Å². The zero-order valence-electron chi connectivity index (χ0n) is 13.6. The van der Waals surface area contributed by atoms with Gasteiger partial charge in [-0.3, -0.25) is 0 Å². The minimum atomic E-state index is 0.0698. The van der Waals surface area contributed by atoms with Crippen LogP contribution < -0.4 is 4.90 Å². The highest BCUT2D eigenvalue weighted by Crippen LogP contribution is 2.36. The summed E-state index contributed by atoms with van der Waals surface area (Å²) in [6, 6.07) is 6.76. The molecule has 2 aromatic heterocycles. The van der Waals surface area contributed by atoms with Crippen molar-refractivity contribution in [3.63, 3.8) is 0 Å². The predicted molar refractivity (Wildman–Crippen MR) is 86.5 cm³/mol. The number of aryl methyl sites for hydroxylation is 1. The van der Waals surface area contributed by atoms with Gasteiger partial charge in [0.15, 0.2) is 11.4 Å². The van der Waals surface area contributed by atoms with Crippen LogP contribution in [-0.4, -0.2) is 21.7 Å². The zero-order chi connectivity index (χ0) is 16.0. The average Bonchev–Trinajstić information content (AvgIpc) is 3.24. The lowest BCUT2D eigenvalue weighted by Gasteiger charge is -2.19. The maximum Gasteiger partial charge on any atom is 0.299 e. The summed E-state index contributed by atoms with van der Waals surface area (Å²) in [7, 11) is 0. The SMILES string of the molecule is Cc1ccc2oc(N3CCC[C@H]3c3noc(C(C)C)n3)nc2c1. The van der Waals surface area contributed by atoms with Crippen LogP contribution in [0.4, 0.5) is 6.01 Å². The summed E-state index contributed by atoms with van der Waals surface area (Å²) < 4.78 is 11.3. The average molecular weight is 312 g/mol. The van der Waals surface area contributed by atoms with Gasteiger partial charge in [0, 0.05) is 12.5 Å². The van der Waals surface area contributed by atoms with Gasteiger partial charge < -0.3 is 13.8 Å². The van der Waals surface area contributed by atoms with Crippen LogP contribution >= 0.6 is 0 Å². The van der Waals surface area contributed by atoms with Crippen molar-refractivity contribution in [2.45, 2.75) is 45.6 Å². The molecule has 0 amide bonds. The number of rotatable bonds is 3. The first-order chi connectivity index (χ1) is 11.1. The van der Waals surface area contributed by atoms with Crippen molar-refractivity contribution >= 4 is 17.1 Å². The van der Waals surface area contributed by atoms with Gasteiger partial charge in [0.25, 0.3) is 6.01 Å². The fraction of sp³-hybridized carbons (Fsp3) is 0.471. The molecule has 0 aliphatic carbocycles. The highest BCUT2D eigenvalue weighted by atomic mass is 16.5. The maximum atomic E-state index is 5.94. The fourth-order valence-electron chi connectivity index (χ4n) is 3.03. The third kappa shape index (κ3) is 2.48. The van der Waals surface area contributed by atoms with Crippen molar-refractivity contribution in [1.82, 2.24) is 15.1 Å². The summed E-state index contributed by atoms with van der Waals surface area (Å²) >= 11 is 0. The first kappa shape index (κ1) is 14.2. The second kappa shape index (κ2) is 5.37. The van der Waals surface area contributed by atoms with E-state index in [0.29, 0.717) is 11.9 Å². The summed E-state index contributed by atoms with van der Waals surface area (Å²) in [5, 5.41) is 4.17. The van der Waals surface area contributed by atoms with Crippen LogP contribution in [0.2, 0.25) is 0 Å². The van der Waals surface area contributed by atoms with Crippen molar-refractivity contribution in [3.05, 3.63) is 35.5 Å². The molecule has 6 heteroatoms. The Bertz CT molecular complexity index is 836. The first-order valence-electron chi connectivity index (χ1n) is 8.09. The number of nitrogens with zero attached hydrogens (tertiary/aromatic N) is 4. The largest absolute Gasteiger partial charge is 0.423 e. The van der Waals surface area contributed by atoms with E-state index in [1.54, 1.807) is 0 Å². The van der Waals surface area contributed by atoms with Gasteiger partial charge in [0.1, 0.15) is 5.52 Å². The standard InChI is InChI=1S/C17H20N4O2/c1-10(2)16-19-15(20-23-16)13-5-4-8-21(13)17-18-12-9-11(3)6-7-14(12)22-17/h6-7,9-10,13H,4-5,8H2,1-3H3/t13-/m0/s1. The fourth-order valence-corrected chi connectivity index (χ4v) is 3.03. The van der Waals surface area contributed by atoms with Crippen LogP contribution in [0, 0.1) is 6.92 Å². The summed E-state index contributed by atoms with van der Waals surface area (Å²) in [4.78, 5) is 11.3. The Kier molecular flexibility index (Phi) is 3.32. The van der Waals surface area contributed by atoms with E-state index in [2.05, 4.69) is 26.9 Å². The van der Waals surface area contributed by atoms with Gasteiger partial charge >= 0.3 is 0 Å². The van der Waals surface area contributed by atoms with Gasteiger partial charge in [-0.15, -0.1) is 0 Å².